The fourth-order valence-electron chi connectivity index (χ4n) is 3.65. The second-order valence-electron chi connectivity index (χ2n) is 8.26. The van der Waals surface area contributed by atoms with Crippen molar-refractivity contribution in [3.05, 3.63) is 47.5 Å². The fourth-order valence-corrected chi connectivity index (χ4v) is 3.65. The monoisotopic (exact) mass is 402 g/mol. The maximum absolute atomic E-state index is 12.0. The third kappa shape index (κ3) is 9.60. The lowest BCUT2D eigenvalue weighted by atomic mass is 9.95. The van der Waals surface area contributed by atoms with E-state index in [1.807, 2.05) is 30.3 Å². The molecule has 3 unspecified atom stereocenters. The Labute approximate surface area is 176 Å². The number of carbonyl (C=O) groups is 1. The Morgan fingerprint density at radius 2 is 2.03 bits per heavy atom. The van der Waals surface area contributed by atoms with E-state index in [2.05, 4.69) is 26.8 Å². The molecule has 162 valence electrons. The average Bonchev–Trinajstić information content (AvgIpc) is 3.20. The molecule has 1 aromatic carbocycles. The second kappa shape index (κ2) is 13.6. The Hall–Kier alpha value is -1.65. The molecule has 1 aliphatic rings. The minimum absolute atomic E-state index is 0.157. The van der Waals surface area contributed by atoms with Gasteiger partial charge in [-0.2, -0.15) is 0 Å². The first-order valence-corrected chi connectivity index (χ1v) is 11.2. The van der Waals surface area contributed by atoms with E-state index in [0.717, 1.165) is 30.7 Å². The molecule has 1 fully saturated rings. The Balaban J connectivity index is 1.55. The van der Waals surface area contributed by atoms with Crippen LogP contribution in [0.5, 0.6) is 0 Å². The average molecular weight is 403 g/mol. The van der Waals surface area contributed by atoms with Crippen molar-refractivity contribution in [1.29, 1.82) is 0 Å². The lowest BCUT2D eigenvalue weighted by Gasteiger charge is -2.12. The lowest BCUT2D eigenvalue weighted by molar-refractivity contribution is -0.148. The Morgan fingerprint density at radius 3 is 2.79 bits per heavy atom. The number of allylic oxidation sites excluding steroid dienone is 2. The van der Waals surface area contributed by atoms with Crippen LogP contribution in [0.15, 0.2) is 42.0 Å². The number of hydrogen-bond acceptors (Lipinski definition) is 4. The summed E-state index contributed by atoms with van der Waals surface area (Å²) in [6, 6.07) is 9.82. The highest BCUT2D eigenvalue weighted by atomic mass is 16.7. The summed E-state index contributed by atoms with van der Waals surface area (Å²) in [4.78, 5) is 12.0. The highest BCUT2D eigenvalue weighted by molar-refractivity contribution is 5.69. The predicted octanol–water partition coefficient (Wildman–Crippen LogP) is 6.37. The van der Waals surface area contributed by atoms with Gasteiger partial charge in [-0.1, -0.05) is 81.5 Å². The molecule has 0 amide bonds. The predicted molar refractivity (Wildman–Crippen MR) is 116 cm³/mol. The molecule has 1 saturated heterocycles. The zero-order valence-corrected chi connectivity index (χ0v) is 18.4. The molecule has 0 saturated carbocycles. The second-order valence-corrected chi connectivity index (χ2v) is 8.26. The number of ether oxygens (including phenoxy) is 3. The Morgan fingerprint density at radius 1 is 1.24 bits per heavy atom. The number of carbonyl (C=O) groups excluding carboxylic acids is 1. The van der Waals surface area contributed by atoms with E-state index in [-0.39, 0.29) is 25.0 Å². The molecular weight excluding hydrogens is 364 g/mol. The van der Waals surface area contributed by atoms with Gasteiger partial charge >= 0.3 is 5.97 Å². The van der Waals surface area contributed by atoms with Crippen molar-refractivity contribution in [1.82, 2.24) is 0 Å². The Bertz CT molecular complexity index is 611. The van der Waals surface area contributed by atoms with E-state index in [9.17, 15) is 4.79 Å². The number of benzene rings is 1. The van der Waals surface area contributed by atoms with Gasteiger partial charge in [0.05, 0.1) is 6.61 Å². The Kier molecular flexibility index (Phi) is 11.0. The molecule has 0 radical (unpaired) electrons. The fraction of sp³-hybridized carbons (Fsp3) is 0.640. The molecule has 0 aliphatic carbocycles. The van der Waals surface area contributed by atoms with Crippen molar-refractivity contribution in [2.45, 2.75) is 84.5 Å². The van der Waals surface area contributed by atoms with Gasteiger partial charge in [-0.15, -0.1) is 0 Å². The van der Waals surface area contributed by atoms with Crippen LogP contribution < -0.4 is 0 Å². The van der Waals surface area contributed by atoms with E-state index in [0.29, 0.717) is 13.0 Å². The van der Waals surface area contributed by atoms with Gasteiger partial charge in [0, 0.05) is 12.0 Å². The first-order valence-electron chi connectivity index (χ1n) is 11.2. The summed E-state index contributed by atoms with van der Waals surface area (Å²) in [7, 11) is 0. The standard InChI is InChI=1S/C25H38O4/c1-4-5-7-12-20(2)17-21(3)13-10-11-16-24(26)27-18-23-19-28-25(29-23)22-14-8-6-9-15-22/h6,8-9,13-15,20,23,25H,4-5,7,10-12,16-19H2,1-3H3/b21-13+. The van der Waals surface area contributed by atoms with Crippen LogP contribution in [-0.4, -0.2) is 25.3 Å². The van der Waals surface area contributed by atoms with Crippen molar-refractivity contribution in [2.75, 3.05) is 13.2 Å². The van der Waals surface area contributed by atoms with Crippen molar-refractivity contribution in [2.24, 2.45) is 5.92 Å². The number of esters is 1. The zero-order chi connectivity index (χ0) is 20.9. The molecule has 1 aliphatic heterocycles. The summed E-state index contributed by atoms with van der Waals surface area (Å²) in [6.07, 6.45) is 10.4. The number of rotatable bonds is 13. The van der Waals surface area contributed by atoms with Crippen LogP contribution >= 0.6 is 0 Å². The molecule has 0 spiro atoms. The van der Waals surface area contributed by atoms with Crippen LogP contribution in [-0.2, 0) is 19.0 Å². The maximum Gasteiger partial charge on any atom is 0.305 e. The summed E-state index contributed by atoms with van der Waals surface area (Å²) in [5.74, 6) is 0.590. The first kappa shape index (κ1) is 23.6. The molecule has 2 rings (SSSR count). The van der Waals surface area contributed by atoms with Crippen LogP contribution in [0, 0.1) is 5.92 Å². The molecule has 1 heterocycles. The third-order valence-corrected chi connectivity index (χ3v) is 5.30. The quantitative estimate of drug-likeness (QED) is 0.218. The van der Waals surface area contributed by atoms with Gasteiger partial charge < -0.3 is 14.2 Å². The van der Waals surface area contributed by atoms with Crippen molar-refractivity contribution in [3.63, 3.8) is 0 Å². The molecule has 3 atom stereocenters. The maximum atomic E-state index is 12.0. The van der Waals surface area contributed by atoms with E-state index < -0.39 is 0 Å². The summed E-state index contributed by atoms with van der Waals surface area (Å²) in [5.41, 5.74) is 2.42. The van der Waals surface area contributed by atoms with Gasteiger partial charge in [0.15, 0.2) is 6.29 Å². The van der Waals surface area contributed by atoms with Crippen LogP contribution in [0.25, 0.3) is 0 Å². The van der Waals surface area contributed by atoms with Crippen LogP contribution in [0.4, 0.5) is 0 Å². The van der Waals surface area contributed by atoms with Gasteiger partial charge in [-0.3, -0.25) is 4.79 Å². The summed E-state index contributed by atoms with van der Waals surface area (Å²) >= 11 is 0. The van der Waals surface area contributed by atoms with E-state index in [1.165, 1.54) is 31.3 Å². The molecule has 29 heavy (non-hydrogen) atoms. The van der Waals surface area contributed by atoms with Crippen molar-refractivity contribution >= 4 is 5.97 Å². The van der Waals surface area contributed by atoms with E-state index >= 15 is 0 Å². The molecule has 1 aromatic rings. The van der Waals surface area contributed by atoms with Gasteiger partial charge in [0.2, 0.25) is 0 Å². The largest absolute Gasteiger partial charge is 0.463 e. The number of unbranched alkanes of at least 4 members (excludes halogenated alkanes) is 3. The minimum Gasteiger partial charge on any atom is -0.463 e. The zero-order valence-electron chi connectivity index (χ0n) is 18.4. The summed E-state index contributed by atoms with van der Waals surface area (Å²) < 4.78 is 16.8. The van der Waals surface area contributed by atoms with E-state index in [1.54, 1.807) is 0 Å². The normalized spacial score (nSPS) is 20.6. The van der Waals surface area contributed by atoms with Gasteiger partial charge in [-0.05, 0) is 32.1 Å². The van der Waals surface area contributed by atoms with Gasteiger partial charge in [0.1, 0.15) is 12.7 Å². The van der Waals surface area contributed by atoms with Gasteiger partial charge in [0.25, 0.3) is 0 Å². The molecule has 0 aromatic heterocycles. The van der Waals surface area contributed by atoms with E-state index in [4.69, 9.17) is 14.2 Å². The SMILES string of the molecule is CCCCCC(C)C/C(C)=C/CCCC(=O)OCC1COC(c2ccccc2)O1. The molecule has 4 nitrogen and oxygen atoms in total. The number of hydrogen-bond donors (Lipinski definition) is 0. The molecule has 0 N–H and O–H groups in total. The highest BCUT2D eigenvalue weighted by Crippen LogP contribution is 2.26. The third-order valence-electron chi connectivity index (χ3n) is 5.30. The van der Waals surface area contributed by atoms with Crippen molar-refractivity contribution < 1.29 is 19.0 Å². The highest BCUT2D eigenvalue weighted by Gasteiger charge is 2.28. The topological polar surface area (TPSA) is 44.8 Å². The van der Waals surface area contributed by atoms with Gasteiger partial charge in [-0.25, -0.2) is 0 Å². The van der Waals surface area contributed by atoms with Crippen LogP contribution in [0.1, 0.15) is 84.0 Å². The smallest absolute Gasteiger partial charge is 0.305 e. The van der Waals surface area contributed by atoms with Crippen LogP contribution in [0.3, 0.4) is 0 Å². The lowest BCUT2D eigenvalue weighted by Crippen LogP contribution is -2.20. The molecule has 4 heteroatoms. The summed E-state index contributed by atoms with van der Waals surface area (Å²) in [5, 5.41) is 0. The molecule has 0 bridgehead atoms. The first-order chi connectivity index (χ1) is 14.1. The summed E-state index contributed by atoms with van der Waals surface area (Å²) in [6.45, 7) is 7.49. The van der Waals surface area contributed by atoms with Crippen molar-refractivity contribution in [3.8, 4) is 0 Å². The minimum atomic E-state index is -0.364. The van der Waals surface area contributed by atoms with Crippen LogP contribution in [0.2, 0.25) is 0 Å². The molecular formula is C25H38O4.